The number of hydrogen-bond acceptors (Lipinski definition) is 5. The largest absolute Gasteiger partial charge is 0.494 e. The van der Waals surface area contributed by atoms with E-state index in [2.05, 4.69) is 28.0 Å². The van der Waals surface area contributed by atoms with Crippen LogP contribution in [0.15, 0.2) is 58.2 Å². The second-order valence-electron chi connectivity index (χ2n) is 6.69. The highest BCUT2D eigenvalue weighted by atomic mass is 79.9. The lowest BCUT2D eigenvalue weighted by atomic mass is 9.94. The van der Waals surface area contributed by atoms with Gasteiger partial charge in [-0.15, -0.1) is 0 Å². The van der Waals surface area contributed by atoms with Crippen LogP contribution in [0.3, 0.4) is 0 Å². The Labute approximate surface area is 171 Å². The van der Waals surface area contributed by atoms with Gasteiger partial charge in [0, 0.05) is 10.0 Å². The van der Waals surface area contributed by atoms with Gasteiger partial charge in [0.05, 0.1) is 12.3 Å². The summed E-state index contributed by atoms with van der Waals surface area (Å²) in [6.45, 7) is 2.74. The minimum absolute atomic E-state index is 0.325. The van der Waals surface area contributed by atoms with E-state index >= 15 is 0 Å². The lowest BCUT2D eigenvalue weighted by Gasteiger charge is -2.16. The van der Waals surface area contributed by atoms with Crippen molar-refractivity contribution in [3.8, 4) is 5.75 Å². The van der Waals surface area contributed by atoms with Crippen LogP contribution in [-0.4, -0.2) is 30.2 Å². The molecule has 2 aliphatic heterocycles. The van der Waals surface area contributed by atoms with Crippen LogP contribution in [0.4, 0.5) is 5.69 Å². The first-order valence-electron chi connectivity index (χ1n) is 9.20. The number of rotatable bonds is 6. The number of imide groups is 1. The SMILES string of the molecule is CCCCOc1ccc(N2C(=O)[C@@H]3C(c4ccc(Br)cc4)=NO[C@H]3C2=O)cc1. The van der Waals surface area contributed by atoms with Crippen LogP contribution in [0.25, 0.3) is 0 Å². The first-order valence-corrected chi connectivity index (χ1v) is 9.99. The monoisotopic (exact) mass is 442 g/mol. The number of amides is 2. The number of carbonyl (C=O) groups is 2. The molecule has 4 rings (SSSR count). The highest BCUT2D eigenvalue weighted by Gasteiger charge is 2.56. The number of nitrogens with zero attached hydrogens (tertiary/aromatic N) is 2. The topological polar surface area (TPSA) is 68.2 Å². The predicted molar refractivity (Wildman–Crippen MR) is 108 cm³/mol. The van der Waals surface area contributed by atoms with Gasteiger partial charge >= 0.3 is 0 Å². The van der Waals surface area contributed by atoms with Crippen molar-refractivity contribution < 1.29 is 19.2 Å². The number of carbonyl (C=O) groups excluding carboxylic acids is 2. The van der Waals surface area contributed by atoms with Crippen molar-refractivity contribution in [3.63, 3.8) is 0 Å². The molecule has 2 amide bonds. The molecule has 2 aliphatic rings. The summed E-state index contributed by atoms with van der Waals surface area (Å²) in [4.78, 5) is 32.4. The summed E-state index contributed by atoms with van der Waals surface area (Å²) in [6, 6.07) is 14.4. The Bertz CT molecular complexity index is 924. The van der Waals surface area contributed by atoms with E-state index in [1.165, 1.54) is 4.90 Å². The highest BCUT2D eigenvalue weighted by molar-refractivity contribution is 9.10. The maximum atomic E-state index is 13.0. The molecule has 0 spiro atoms. The molecule has 2 aromatic rings. The smallest absolute Gasteiger partial charge is 0.278 e. The zero-order valence-electron chi connectivity index (χ0n) is 15.3. The number of fused-ring (bicyclic) bond motifs is 1. The van der Waals surface area contributed by atoms with E-state index in [0.717, 1.165) is 22.9 Å². The summed E-state index contributed by atoms with van der Waals surface area (Å²) in [7, 11) is 0. The van der Waals surface area contributed by atoms with Gasteiger partial charge in [0.25, 0.3) is 5.91 Å². The molecule has 2 aromatic carbocycles. The molecule has 144 valence electrons. The van der Waals surface area contributed by atoms with E-state index in [-0.39, 0.29) is 5.91 Å². The van der Waals surface area contributed by atoms with Gasteiger partial charge in [0.2, 0.25) is 12.0 Å². The van der Waals surface area contributed by atoms with Gasteiger partial charge in [0.15, 0.2) is 0 Å². The van der Waals surface area contributed by atoms with Crippen LogP contribution in [0.2, 0.25) is 0 Å². The maximum Gasteiger partial charge on any atom is 0.278 e. The molecule has 6 nitrogen and oxygen atoms in total. The van der Waals surface area contributed by atoms with E-state index in [4.69, 9.17) is 9.57 Å². The molecule has 2 heterocycles. The molecule has 0 aromatic heterocycles. The molecule has 1 fully saturated rings. The minimum atomic E-state index is -0.911. The van der Waals surface area contributed by atoms with E-state index in [0.29, 0.717) is 23.8 Å². The van der Waals surface area contributed by atoms with Crippen molar-refractivity contribution in [2.75, 3.05) is 11.5 Å². The average Bonchev–Trinajstić information content (AvgIpc) is 3.24. The van der Waals surface area contributed by atoms with Crippen LogP contribution in [-0.2, 0) is 14.4 Å². The summed E-state index contributed by atoms with van der Waals surface area (Å²) in [5.41, 5.74) is 1.75. The van der Waals surface area contributed by atoms with Gasteiger partial charge in [-0.2, -0.15) is 0 Å². The van der Waals surface area contributed by atoms with Crippen LogP contribution >= 0.6 is 15.9 Å². The number of benzene rings is 2. The first kappa shape index (κ1) is 18.7. The summed E-state index contributed by atoms with van der Waals surface area (Å²) in [6.07, 6.45) is 1.12. The molecule has 0 radical (unpaired) electrons. The fourth-order valence-electron chi connectivity index (χ4n) is 3.32. The molecule has 0 bridgehead atoms. The molecule has 7 heteroatoms. The number of hydrogen-bond donors (Lipinski definition) is 0. The van der Waals surface area contributed by atoms with Crippen LogP contribution < -0.4 is 9.64 Å². The van der Waals surface area contributed by atoms with Gasteiger partial charge in [-0.25, -0.2) is 4.90 Å². The zero-order valence-corrected chi connectivity index (χ0v) is 16.9. The third-order valence-corrected chi connectivity index (χ3v) is 5.34. The Kier molecular flexibility index (Phi) is 5.17. The molecular formula is C21H19BrN2O4. The van der Waals surface area contributed by atoms with Crippen molar-refractivity contribution in [3.05, 3.63) is 58.6 Å². The Morgan fingerprint density at radius 2 is 1.79 bits per heavy atom. The molecule has 28 heavy (non-hydrogen) atoms. The number of oxime groups is 1. The average molecular weight is 443 g/mol. The van der Waals surface area contributed by atoms with E-state index < -0.39 is 17.9 Å². The van der Waals surface area contributed by atoms with E-state index in [9.17, 15) is 9.59 Å². The number of ether oxygens (including phenoxy) is 1. The van der Waals surface area contributed by atoms with E-state index in [1.807, 2.05) is 24.3 Å². The Balaban J connectivity index is 1.55. The van der Waals surface area contributed by atoms with Crippen molar-refractivity contribution >= 4 is 39.1 Å². The van der Waals surface area contributed by atoms with Crippen LogP contribution in [0.1, 0.15) is 25.3 Å². The third kappa shape index (κ3) is 3.30. The minimum Gasteiger partial charge on any atom is -0.494 e. The predicted octanol–water partition coefficient (Wildman–Crippen LogP) is 3.92. The molecule has 0 unspecified atom stereocenters. The summed E-state index contributed by atoms with van der Waals surface area (Å²) >= 11 is 3.39. The zero-order chi connectivity index (χ0) is 19.7. The van der Waals surface area contributed by atoms with Gasteiger partial charge in [-0.3, -0.25) is 9.59 Å². The van der Waals surface area contributed by atoms with Crippen molar-refractivity contribution in [1.29, 1.82) is 0 Å². The fourth-order valence-corrected chi connectivity index (χ4v) is 3.58. The van der Waals surface area contributed by atoms with Crippen LogP contribution in [0, 0.1) is 5.92 Å². The van der Waals surface area contributed by atoms with Gasteiger partial charge < -0.3 is 9.57 Å². The normalized spacial score (nSPS) is 20.8. The molecular weight excluding hydrogens is 424 g/mol. The van der Waals surface area contributed by atoms with Crippen molar-refractivity contribution in [2.45, 2.75) is 25.9 Å². The molecule has 0 saturated carbocycles. The lowest BCUT2D eigenvalue weighted by Crippen LogP contribution is -2.33. The van der Waals surface area contributed by atoms with Crippen LogP contribution in [0.5, 0.6) is 5.75 Å². The first-order chi connectivity index (χ1) is 13.6. The van der Waals surface area contributed by atoms with Gasteiger partial charge in [-0.1, -0.05) is 46.6 Å². The number of anilines is 1. The summed E-state index contributed by atoms with van der Waals surface area (Å²) < 4.78 is 6.56. The quantitative estimate of drug-likeness (QED) is 0.502. The number of halogens is 1. The Morgan fingerprint density at radius 3 is 2.46 bits per heavy atom. The second-order valence-corrected chi connectivity index (χ2v) is 7.61. The third-order valence-electron chi connectivity index (χ3n) is 4.81. The van der Waals surface area contributed by atoms with E-state index in [1.54, 1.807) is 24.3 Å². The highest BCUT2D eigenvalue weighted by Crippen LogP contribution is 2.35. The maximum absolute atomic E-state index is 13.0. The number of unbranched alkanes of at least 4 members (excludes halogenated alkanes) is 1. The molecule has 0 aliphatic carbocycles. The lowest BCUT2D eigenvalue weighted by molar-refractivity contribution is -0.126. The van der Waals surface area contributed by atoms with Gasteiger partial charge in [-0.05, 0) is 42.8 Å². The Hall–Kier alpha value is -2.67. The van der Waals surface area contributed by atoms with Gasteiger partial charge in [0.1, 0.15) is 17.4 Å². The van der Waals surface area contributed by atoms with Crippen molar-refractivity contribution in [1.82, 2.24) is 0 Å². The summed E-state index contributed by atoms with van der Waals surface area (Å²) in [5.74, 6) is -0.738. The Morgan fingerprint density at radius 1 is 1.07 bits per heavy atom. The standard InChI is InChI=1S/C21H19BrN2O4/c1-2-3-12-27-16-10-8-15(9-11-16)24-20(25)17-18(23-28-19(17)21(24)26)13-4-6-14(22)7-5-13/h4-11,17,19H,2-3,12H2,1H3/t17-,19-/m1/s1. The fraction of sp³-hybridized carbons (Fsp3) is 0.286. The molecule has 0 N–H and O–H groups in total. The molecule has 1 saturated heterocycles. The summed E-state index contributed by atoms with van der Waals surface area (Å²) in [5, 5.41) is 4.02. The van der Waals surface area contributed by atoms with Crippen molar-refractivity contribution in [2.24, 2.45) is 11.1 Å². The molecule has 2 atom stereocenters. The second kappa shape index (κ2) is 7.75.